The molecule has 0 spiro atoms. The van der Waals surface area contributed by atoms with Crippen LogP contribution in [0.2, 0.25) is 5.02 Å². The summed E-state index contributed by atoms with van der Waals surface area (Å²) in [6.45, 7) is -0.580. The van der Waals surface area contributed by atoms with Crippen LogP contribution in [0.5, 0.6) is 0 Å². The molecule has 1 amide bonds. The molecule has 8 nitrogen and oxygen atoms in total. The first kappa shape index (κ1) is 23.3. The quantitative estimate of drug-likeness (QED) is 0.521. The zero-order valence-electron chi connectivity index (χ0n) is 17.1. The Morgan fingerprint density at radius 3 is 2.70 bits per heavy atom. The molecule has 1 N–H and O–H groups in total. The van der Waals surface area contributed by atoms with E-state index >= 15 is 0 Å². The van der Waals surface area contributed by atoms with Gasteiger partial charge in [0, 0.05) is 18.9 Å². The maximum atomic E-state index is 13.7. The average Bonchev–Trinajstić information content (AvgIpc) is 3.36. The number of rotatable bonds is 6. The second-order valence-corrected chi connectivity index (χ2v) is 8.43. The third-order valence-corrected chi connectivity index (χ3v) is 5.81. The van der Waals surface area contributed by atoms with E-state index in [1.807, 2.05) is 0 Å². The predicted molar refractivity (Wildman–Crippen MR) is 106 cm³/mol. The van der Waals surface area contributed by atoms with Crippen LogP contribution in [-0.4, -0.2) is 47.6 Å². The minimum absolute atomic E-state index is 0.131. The lowest BCUT2D eigenvalue weighted by Gasteiger charge is -2.33. The van der Waals surface area contributed by atoms with Gasteiger partial charge in [-0.15, -0.1) is 5.10 Å². The molecule has 1 saturated carbocycles. The highest BCUT2D eigenvalue weighted by atomic mass is 35.5. The largest absolute Gasteiger partial charge is 0.390 e. The average molecular weight is 492 g/mol. The molecule has 0 saturated heterocycles. The van der Waals surface area contributed by atoms with E-state index in [-0.39, 0.29) is 37.3 Å². The number of halogens is 6. The van der Waals surface area contributed by atoms with Gasteiger partial charge in [0.1, 0.15) is 5.69 Å². The van der Waals surface area contributed by atoms with Crippen molar-refractivity contribution in [3.8, 4) is 0 Å². The van der Waals surface area contributed by atoms with Crippen molar-refractivity contribution in [3.05, 3.63) is 41.1 Å². The standard InChI is InChI=1S/C19H19ClF5N7O/c20-12-7-15-28-13(10-32(15)27-8-12)16(11-1-3-18(21,22)4-2-11)29-17(33)14-9-26-30-31(14)6-5-19(23,24)25/h7-11,16H,1-6H2,(H,29,33). The number of carbonyl (C=O) groups is 1. The SMILES string of the molecule is O=C(NC(c1cn2ncc(Cl)cc2n1)C1CCC(F)(F)CC1)c1cnnn1CCC(F)(F)F. The summed E-state index contributed by atoms with van der Waals surface area (Å²) in [6.07, 6.45) is -2.02. The maximum absolute atomic E-state index is 13.7. The summed E-state index contributed by atoms with van der Waals surface area (Å²) in [7, 11) is 0. The van der Waals surface area contributed by atoms with Crippen LogP contribution in [-0.2, 0) is 6.54 Å². The smallest absolute Gasteiger partial charge is 0.342 e. The second-order valence-electron chi connectivity index (χ2n) is 7.99. The van der Waals surface area contributed by atoms with Gasteiger partial charge in [-0.1, -0.05) is 16.8 Å². The molecule has 14 heteroatoms. The number of fused-ring (bicyclic) bond motifs is 1. The van der Waals surface area contributed by atoms with Crippen molar-refractivity contribution in [1.82, 2.24) is 34.9 Å². The number of alkyl halides is 5. The normalized spacial score (nSPS) is 17.9. The van der Waals surface area contributed by atoms with Gasteiger partial charge in [-0.3, -0.25) is 4.79 Å². The molecule has 33 heavy (non-hydrogen) atoms. The molecule has 0 radical (unpaired) electrons. The molecular weight excluding hydrogens is 473 g/mol. The first-order chi connectivity index (χ1) is 15.5. The lowest BCUT2D eigenvalue weighted by atomic mass is 9.81. The van der Waals surface area contributed by atoms with Gasteiger partial charge in [0.15, 0.2) is 5.65 Å². The second kappa shape index (κ2) is 8.84. The lowest BCUT2D eigenvalue weighted by Crippen LogP contribution is -2.38. The van der Waals surface area contributed by atoms with Crippen molar-refractivity contribution in [3.63, 3.8) is 0 Å². The molecule has 3 aromatic rings. The third-order valence-electron chi connectivity index (χ3n) is 5.60. The van der Waals surface area contributed by atoms with Gasteiger partial charge in [-0.2, -0.15) is 18.3 Å². The van der Waals surface area contributed by atoms with Crippen LogP contribution in [0.25, 0.3) is 5.65 Å². The van der Waals surface area contributed by atoms with Crippen molar-refractivity contribution in [2.45, 2.75) is 56.8 Å². The molecule has 1 unspecified atom stereocenters. The third kappa shape index (κ3) is 5.57. The van der Waals surface area contributed by atoms with E-state index in [9.17, 15) is 26.7 Å². The minimum Gasteiger partial charge on any atom is -0.342 e. The number of amides is 1. The number of hydrogen-bond acceptors (Lipinski definition) is 5. The fraction of sp³-hybridized carbons (Fsp3) is 0.526. The summed E-state index contributed by atoms with van der Waals surface area (Å²) in [5, 5.41) is 14.3. The van der Waals surface area contributed by atoms with Gasteiger partial charge in [0.05, 0.1) is 48.3 Å². The van der Waals surface area contributed by atoms with Crippen LogP contribution in [0, 0.1) is 5.92 Å². The summed E-state index contributed by atoms with van der Waals surface area (Å²) in [4.78, 5) is 17.4. The van der Waals surface area contributed by atoms with E-state index in [0.717, 1.165) is 10.9 Å². The molecule has 1 aliphatic carbocycles. The Bertz CT molecular complexity index is 1140. The predicted octanol–water partition coefficient (Wildman–Crippen LogP) is 4.22. The summed E-state index contributed by atoms with van der Waals surface area (Å²) < 4.78 is 67.6. The zero-order valence-corrected chi connectivity index (χ0v) is 17.8. The topological polar surface area (TPSA) is 90.0 Å². The fourth-order valence-corrected chi connectivity index (χ4v) is 4.04. The van der Waals surface area contributed by atoms with E-state index in [4.69, 9.17) is 11.6 Å². The number of nitrogens with one attached hydrogen (secondary N) is 1. The Morgan fingerprint density at radius 2 is 2.00 bits per heavy atom. The Morgan fingerprint density at radius 1 is 1.27 bits per heavy atom. The number of imidazole rings is 1. The first-order valence-electron chi connectivity index (χ1n) is 10.2. The molecule has 1 aliphatic rings. The first-order valence-corrected chi connectivity index (χ1v) is 10.5. The van der Waals surface area contributed by atoms with Crippen molar-refractivity contribution in [1.29, 1.82) is 0 Å². The Hall–Kier alpha value is -2.83. The summed E-state index contributed by atoms with van der Waals surface area (Å²) in [6, 6.07) is 0.780. The van der Waals surface area contributed by atoms with Gasteiger partial charge in [-0.25, -0.2) is 23.0 Å². The molecule has 3 heterocycles. The molecule has 1 fully saturated rings. The van der Waals surface area contributed by atoms with E-state index in [1.165, 1.54) is 10.7 Å². The maximum Gasteiger partial charge on any atom is 0.390 e. The molecule has 3 aromatic heterocycles. The molecule has 0 bridgehead atoms. The lowest BCUT2D eigenvalue weighted by molar-refractivity contribution is -0.137. The van der Waals surface area contributed by atoms with Crippen LogP contribution in [0.4, 0.5) is 22.0 Å². The molecule has 1 atom stereocenters. The zero-order chi connectivity index (χ0) is 23.8. The Labute approximate surface area is 189 Å². The fourth-order valence-electron chi connectivity index (χ4n) is 3.90. The molecule has 178 valence electrons. The number of aromatic nitrogens is 6. The highest BCUT2D eigenvalue weighted by Crippen LogP contribution is 2.41. The number of carbonyl (C=O) groups excluding carboxylic acids is 1. The van der Waals surface area contributed by atoms with Gasteiger partial charge >= 0.3 is 6.18 Å². The molecule has 4 rings (SSSR count). The Kier molecular flexibility index (Phi) is 6.25. The van der Waals surface area contributed by atoms with Gasteiger partial charge in [-0.05, 0) is 18.8 Å². The number of hydrogen-bond donors (Lipinski definition) is 1. The highest BCUT2D eigenvalue weighted by Gasteiger charge is 2.39. The monoisotopic (exact) mass is 491 g/mol. The van der Waals surface area contributed by atoms with Crippen molar-refractivity contribution < 1.29 is 26.7 Å². The highest BCUT2D eigenvalue weighted by molar-refractivity contribution is 6.30. The van der Waals surface area contributed by atoms with Crippen LogP contribution in [0.15, 0.2) is 24.7 Å². The van der Waals surface area contributed by atoms with E-state index < -0.39 is 37.0 Å². The molecular formula is C19H19ClF5N7O. The van der Waals surface area contributed by atoms with E-state index in [0.29, 0.717) is 16.4 Å². The molecule has 0 aromatic carbocycles. The van der Waals surface area contributed by atoms with Crippen LogP contribution in [0.1, 0.15) is 54.3 Å². The van der Waals surface area contributed by atoms with Crippen molar-refractivity contribution >= 4 is 23.2 Å². The van der Waals surface area contributed by atoms with E-state index in [2.05, 4.69) is 25.7 Å². The van der Waals surface area contributed by atoms with Crippen LogP contribution in [0.3, 0.4) is 0 Å². The Balaban J connectivity index is 1.60. The van der Waals surface area contributed by atoms with Crippen molar-refractivity contribution in [2.75, 3.05) is 0 Å². The minimum atomic E-state index is -4.43. The van der Waals surface area contributed by atoms with Gasteiger partial charge < -0.3 is 5.32 Å². The van der Waals surface area contributed by atoms with Gasteiger partial charge in [0.25, 0.3) is 5.91 Å². The number of nitrogens with zero attached hydrogens (tertiary/aromatic N) is 6. The summed E-state index contributed by atoms with van der Waals surface area (Å²) >= 11 is 5.95. The molecule has 0 aliphatic heterocycles. The summed E-state index contributed by atoms with van der Waals surface area (Å²) in [5.74, 6) is -3.87. The van der Waals surface area contributed by atoms with Crippen LogP contribution >= 0.6 is 11.6 Å². The van der Waals surface area contributed by atoms with E-state index in [1.54, 1.807) is 12.3 Å². The van der Waals surface area contributed by atoms with Crippen LogP contribution < -0.4 is 5.32 Å². The van der Waals surface area contributed by atoms with Gasteiger partial charge in [0.2, 0.25) is 5.92 Å². The summed E-state index contributed by atoms with van der Waals surface area (Å²) in [5.41, 5.74) is 0.604. The number of aryl methyl sites for hydroxylation is 1. The van der Waals surface area contributed by atoms with Crippen molar-refractivity contribution in [2.24, 2.45) is 5.92 Å².